The Morgan fingerprint density at radius 2 is 1.17 bits per heavy atom. The number of aromatic nitrogens is 5. The fraction of sp³-hybridized carbons (Fsp3) is 0. The van der Waals surface area contributed by atoms with Crippen molar-refractivity contribution in [3.8, 4) is 17.2 Å². The van der Waals surface area contributed by atoms with E-state index in [1.807, 2.05) is 36.5 Å². The van der Waals surface area contributed by atoms with Gasteiger partial charge in [-0.2, -0.15) is 0 Å². The number of pyridine rings is 1. The summed E-state index contributed by atoms with van der Waals surface area (Å²) < 4.78 is 4.74. The van der Waals surface area contributed by atoms with Crippen LogP contribution in [0.2, 0.25) is 0 Å². The van der Waals surface area contributed by atoms with Gasteiger partial charge >= 0.3 is 0 Å². The molecule has 0 atom stereocenters. The molecule has 5 heterocycles. The Morgan fingerprint density at radius 1 is 0.478 bits per heavy atom. The monoisotopic (exact) mass is 585 g/mol. The Morgan fingerprint density at radius 3 is 2.02 bits per heavy atom. The molecule has 0 fully saturated rings. The largest absolute Gasteiger partial charge is 0.308 e. The van der Waals surface area contributed by atoms with Gasteiger partial charge in [0.2, 0.25) is 5.95 Å². The van der Waals surface area contributed by atoms with E-state index in [1.54, 1.807) is 0 Å². The molecule has 0 unspecified atom stereocenters. The summed E-state index contributed by atoms with van der Waals surface area (Å²) in [5.41, 5.74) is 9.30. The Labute approximate surface area is 261 Å². The van der Waals surface area contributed by atoms with Gasteiger partial charge in [0.25, 0.3) is 0 Å². The normalized spacial score (nSPS) is 12.3. The van der Waals surface area contributed by atoms with Crippen molar-refractivity contribution in [3.63, 3.8) is 0 Å². The first-order chi connectivity index (χ1) is 22.8. The van der Waals surface area contributed by atoms with Crippen LogP contribution in [-0.4, -0.2) is 23.9 Å². The van der Waals surface area contributed by atoms with E-state index in [1.165, 1.54) is 59.6 Å². The van der Waals surface area contributed by atoms with Crippen LogP contribution in [0.15, 0.2) is 140 Å². The third-order valence-corrected chi connectivity index (χ3v) is 9.65. The van der Waals surface area contributed by atoms with Crippen molar-refractivity contribution in [3.05, 3.63) is 140 Å². The van der Waals surface area contributed by atoms with E-state index in [-0.39, 0.29) is 0 Å². The molecule has 0 spiro atoms. The van der Waals surface area contributed by atoms with Crippen LogP contribution in [0.3, 0.4) is 0 Å². The first-order valence-electron chi connectivity index (χ1n) is 15.5. The summed E-state index contributed by atoms with van der Waals surface area (Å²) in [5.74, 6) is 0.637. The topological polar surface area (TPSA) is 48.0 Å². The molecule has 5 heteroatoms. The third kappa shape index (κ3) is 3.01. The number of benzene rings is 6. The van der Waals surface area contributed by atoms with Gasteiger partial charge in [-0.05, 0) is 53.2 Å². The second-order valence-electron chi connectivity index (χ2n) is 12.1. The highest BCUT2D eigenvalue weighted by Crippen LogP contribution is 2.47. The summed E-state index contributed by atoms with van der Waals surface area (Å²) >= 11 is 0. The lowest BCUT2D eigenvalue weighted by molar-refractivity contribution is 1.01. The summed E-state index contributed by atoms with van der Waals surface area (Å²) in [5, 5.41) is 9.79. The molecule has 0 bridgehead atoms. The molecule has 0 saturated carbocycles. The van der Waals surface area contributed by atoms with Crippen molar-refractivity contribution in [1.82, 2.24) is 23.9 Å². The van der Waals surface area contributed by atoms with Gasteiger partial charge in [-0.3, -0.25) is 9.55 Å². The number of nitrogens with zero attached hydrogens (tertiary/aromatic N) is 5. The van der Waals surface area contributed by atoms with Gasteiger partial charge in [-0.15, -0.1) is 0 Å². The van der Waals surface area contributed by atoms with Crippen LogP contribution in [0.4, 0.5) is 0 Å². The van der Waals surface area contributed by atoms with Crippen LogP contribution in [0.1, 0.15) is 0 Å². The number of rotatable bonds is 2. The minimum atomic E-state index is 0.637. The van der Waals surface area contributed by atoms with Gasteiger partial charge in [0.05, 0.1) is 33.1 Å². The third-order valence-electron chi connectivity index (χ3n) is 9.65. The first kappa shape index (κ1) is 24.0. The highest BCUT2D eigenvalue weighted by Gasteiger charge is 2.26. The zero-order valence-electron chi connectivity index (χ0n) is 24.5. The fourth-order valence-corrected chi connectivity index (χ4v) is 7.75. The molecule has 6 aromatic carbocycles. The predicted molar refractivity (Wildman–Crippen MR) is 189 cm³/mol. The summed E-state index contributed by atoms with van der Waals surface area (Å²) in [7, 11) is 0. The molecular formula is C41H23N5. The maximum Gasteiger partial charge on any atom is 0.235 e. The number of hydrogen-bond acceptors (Lipinski definition) is 3. The van der Waals surface area contributed by atoms with Gasteiger partial charge in [0.1, 0.15) is 11.2 Å². The molecule has 0 aliphatic carbocycles. The van der Waals surface area contributed by atoms with E-state index in [4.69, 9.17) is 15.0 Å². The molecule has 46 heavy (non-hydrogen) atoms. The Balaban J connectivity index is 1.41. The molecule has 11 aromatic rings. The quantitative estimate of drug-likeness (QED) is 0.203. The molecular weight excluding hydrogens is 562 g/mol. The Hall–Kier alpha value is -6.33. The van der Waals surface area contributed by atoms with Crippen LogP contribution in [0.25, 0.3) is 98.9 Å². The van der Waals surface area contributed by atoms with Gasteiger partial charge in [0.15, 0.2) is 0 Å². The fourth-order valence-electron chi connectivity index (χ4n) is 7.75. The number of fused-ring (bicyclic) bond motifs is 12. The summed E-state index contributed by atoms with van der Waals surface area (Å²) in [4.78, 5) is 15.3. The van der Waals surface area contributed by atoms with E-state index in [2.05, 4.69) is 112 Å². The van der Waals surface area contributed by atoms with Crippen LogP contribution in [0, 0.1) is 0 Å². The second-order valence-corrected chi connectivity index (χ2v) is 12.1. The van der Waals surface area contributed by atoms with Gasteiger partial charge in [-0.25, -0.2) is 9.97 Å². The molecule has 0 radical (unpaired) electrons. The predicted octanol–water partition coefficient (Wildman–Crippen LogP) is 10.1. The van der Waals surface area contributed by atoms with Crippen LogP contribution >= 0.6 is 0 Å². The molecule has 5 nitrogen and oxygen atoms in total. The molecule has 0 aliphatic rings. The highest BCUT2D eigenvalue weighted by molar-refractivity contribution is 6.34. The average molecular weight is 586 g/mol. The lowest BCUT2D eigenvalue weighted by Gasteiger charge is -2.12. The standard InChI is InChI=1S/C41H23N5/c1-2-11-24(12-3-1)37-38-32(17-10-20-42-38)43-41(44-37)46-34-19-9-7-16-28(34)30-23-29-27-15-6-8-18-33(27)45-35-22-26-14-5-4-13-25(26)21-31(35)36(39(29)45)40(30)46/h1-23H. The van der Waals surface area contributed by atoms with Crippen molar-refractivity contribution in [2.75, 3.05) is 0 Å². The molecule has 5 aromatic heterocycles. The van der Waals surface area contributed by atoms with Crippen molar-refractivity contribution < 1.29 is 0 Å². The summed E-state index contributed by atoms with van der Waals surface area (Å²) in [6.45, 7) is 0. The zero-order valence-corrected chi connectivity index (χ0v) is 24.5. The summed E-state index contributed by atoms with van der Waals surface area (Å²) in [6, 6.07) is 47.5. The van der Waals surface area contributed by atoms with Crippen LogP contribution in [-0.2, 0) is 0 Å². The number of para-hydroxylation sites is 2. The molecule has 0 N–H and O–H groups in total. The van der Waals surface area contributed by atoms with Crippen LogP contribution < -0.4 is 0 Å². The lowest BCUT2D eigenvalue weighted by Crippen LogP contribution is -2.04. The van der Waals surface area contributed by atoms with Gasteiger partial charge in [-0.1, -0.05) is 91.0 Å². The Bertz CT molecular complexity index is 3020. The lowest BCUT2D eigenvalue weighted by atomic mass is 10.0. The molecule has 0 aliphatic heterocycles. The average Bonchev–Trinajstić information content (AvgIpc) is 3.75. The summed E-state index contributed by atoms with van der Waals surface area (Å²) in [6.07, 6.45) is 1.82. The van der Waals surface area contributed by atoms with Gasteiger partial charge < -0.3 is 4.40 Å². The van der Waals surface area contributed by atoms with E-state index >= 15 is 0 Å². The van der Waals surface area contributed by atoms with E-state index < -0.39 is 0 Å². The van der Waals surface area contributed by atoms with Gasteiger partial charge in [0, 0.05) is 44.1 Å². The van der Waals surface area contributed by atoms with E-state index in [0.29, 0.717) is 5.95 Å². The smallest absolute Gasteiger partial charge is 0.235 e. The first-order valence-corrected chi connectivity index (χ1v) is 15.5. The van der Waals surface area contributed by atoms with E-state index in [9.17, 15) is 0 Å². The van der Waals surface area contributed by atoms with Crippen molar-refractivity contribution >= 4 is 81.7 Å². The van der Waals surface area contributed by atoms with Crippen molar-refractivity contribution in [1.29, 1.82) is 0 Å². The maximum absolute atomic E-state index is 5.32. The van der Waals surface area contributed by atoms with Crippen molar-refractivity contribution in [2.45, 2.75) is 0 Å². The maximum atomic E-state index is 5.32. The van der Waals surface area contributed by atoms with Crippen LogP contribution in [0.5, 0.6) is 0 Å². The minimum absolute atomic E-state index is 0.637. The molecule has 0 saturated heterocycles. The molecule has 212 valence electrons. The highest BCUT2D eigenvalue weighted by atomic mass is 15.2. The molecule has 11 rings (SSSR count). The minimum Gasteiger partial charge on any atom is -0.308 e. The van der Waals surface area contributed by atoms with Crippen molar-refractivity contribution in [2.24, 2.45) is 0 Å². The van der Waals surface area contributed by atoms with E-state index in [0.717, 1.165) is 33.3 Å². The zero-order chi connectivity index (χ0) is 29.9. The number of hydrogen-bond donors (Lipinski definition) is 0. The Kier molecular flexibility index (Phi) is 4.52. The second kappa shape index (κ2) is 8.65. The SMILES string of the molecule is c1ccc(-c2nc(-n3c4ccccc4c4cc5c6ccccc6n6c7cc8ccccc8cc7c(c43)c56)nc3cccnc23)cc1. The molecule has 0 amide bonds.